The van der Waals surface area contributed by atoms with Crippen molar-refractivity contribution in [1.29, 1.82) is 0 Å². The first-order valence-electron chi connectivity index (χ1n) is 9.06. The fourth-order valence-corrected chi connectivity index (χ4v) is 1.94. The minimum atomic E-state index is -0.659. The van der Waals surface area contributed by atoms with E-state index in [0.29, 0.717) is 13.0 Å². The predicted molar refractivity (Wildman–Crippen MR) is 93.7 cm³/mol. The Balaban J connectivity index is 0. The van der Waals surface area contributed by atoms with Crippen LogP contribution in [0.4, 0.5) is 0 Å². The number of aliphatic hydroxyl groups excluding tert-OH is 2. The van der Waals surface area contributed by atoms with Crippen molar-refractivity contribution in [3.05, 3.63) is 0 Å². The maximum atomic E-state index is 10.2. The van der Waals surface area contributed by atoms with Crippen molar-refractivity contribution in [1.82, 2.24) is 0 Å². The molecule has 23 heavy (non-hydrogen) atoms. The quantitative estimate of drug-likeness (QED) is 0.421. The van der Waals surface area contributed by atoms with Crippen molar-refractivity contribution in [2.75, 3.05) is 13.2 Å². The van der Waals surface area contributed by atoms with E-state index in [2.05, 4.69) is 6.92 Å². The molecule has 0 heterocycles. The normalized spacial score (nSPS) is 13.1. The summed E-state index contributed by atoms with van der Waals surface area (Å²) in [6.45, 7) is 5.92. The highest BCUT2D eigenvalue weighted by molar-refractivity contribution is 5.66. The fraction of sp³-hybridized carbons (Fsp3) is 0.944. The van der Waals surface area contributed by atoms with Gasteiger partial charge in [0.25, 0.3) is 0 Å². The maximum Gasteiger partial charge on any atom is 0.303 e. The topological polar surface area (TPSA) is 87.0 Å². The Morgan fingerprint density at radius 1 is 0.957 bits per heavy atom. The molecule has 0 saturated carbocycles. The van der Waals surface area contributed by atoms with Crippen LogP contribution in [0.3, 0.4) is 0 Å². The largest absolute Gasteiger partial charge is 0.481 e. The number of aliphatic hydroxyl groups is 2. The summed E-state index contributed by atoms with van der Waals surface area (Å²) in [4.78, 5) is 10.2. The van der Waals surface area contributed by atoms with Gasteiger partial charge < -0.3 is 20.1 Å². The first-order valence-corrected chi connectivity index (χ1v) is 9.06. The third-order valence-electron chi connectivity index (χ3n) is 3.37. The second kappa shape index (κ2) is 19.4. The molecule has 0 aliphatic rings. The van der Waals surface area contributed by atoms with Crippen molar-refractivity contribution in [3.63, 3.8) is 0 Å². The number of carboxylic acid groups (broad SMARTS) is 1. The molecule has 0 amide bonds. The maximum absolute atomic E-state index is 10.2. The zero-order valence-corrected chi connectivity index (χ0v) is 15.3. The van der Waals surface area contributed by atoms with Gasteiger partial charge >= 0.3 is 5.97 Å². The van der Waals surface area contributed by atoms with Crippen LogP contribution in [-0.4, -0.2) is 46.7 Å². The molecular weight excluding hydrogens is 296 g/mol. The molecule has 140 valence electrons. The van der Waals surface area contributed by atoms with Crippen molar-refractivity contribution in [2.45, 2.75) is 97.2 Å². The Hall–Kier alpha value is -0.650. The van der Waals surface area contributed by atoms with E-state index in [9.17, 15) is 4.79 Å². The van der Waals surface area contributed by atoms with Crippen LogP contribution < -0.4 is 0 Å². The number of rotatable bonds is 14. The van der Waals surface area contributed by atoms with E-state index in [0.717, 1.165) is 12.8 Å². The van der Waals surface area contributed by atoms with E-state index < -0.39 is 12.1 Å². The van der Waals surface area contributed by atoms with E-state index in [1.54, 1.807) is 13.8 Å². The summed E-state index contributed by atoms with van der Waals surface area (Å²) in [5.41, 5.74) is 0. The fourth-order valence-electron chi connectivity index (χ4n) is 1.94. The van der Waals surface area contributed by atoms with Crippen LogP contribution in [0.2, 0.25) is 0 Å². The molecule has 0 saturated heterocycles. The Morgan fingerprint density at radius 3 is 1.83 bits per heavy atom. The van der Waals surface area contributed by atoms with Gasteiger partial charge in [-0.05, 0) is 20.3 Å². The minimum Gasteiger partial charge on any atom is -0.481 e. The molecule has 0 aromatic rings. The molecule has 0 aliphatic carbocycles. The number of aliphatic carboxylic acids is 1. The zero-order chi connectivity index (χ0) is 17.9. The van der Waals surface area contributed by atoms with Crippen LogP contribution in [-0.2, 0) is 9.53 Å². The summed E-state index contributed by atoms with van der Waals surface area (Å²) in [7, 11) is 0. The molecule has 2 atom stereocenters. The summed E-state index contributed by atoms with van der Waals surface area (Å²) >= 11 is 0. The highest BCUT2D eigenvalue weighted by Crippen LogP contribution is 2.10. The molecule has 0 aromatic carbocycles. The zero-order valence-electron chi connectivity index (χ0n) is 15.3. The van der Waals surface area contributed by atoms with E-state index >= 15 is 0 Å². The van der Waals surface area contributed by atoms with Crippen LogP contribution in [0.25, 0.3) is 0 Å². The molecule has 0 spiro atoms. The van der Waals surface area contributed by atoms with Gasteiger partial charge in [-0.25, -0.2) is 0 Å². The highest BCUT2D eigenvalue weighted by atomic mass is 16.5. The van der Waals surface area contributed by atoms with Crippen LogP contribution in [0.15, 0.2) is 0 Å². The van der Waals surface area contributed by atoms with Gasteiger partial charge in [0.2, 0.25) is 0 Å². The second-order valence-electron chi connectivity index (χ2n) is 6.15. The lowest BCUT2D eigenvalue weighted by Gasteiger charge is -2.10. The van der Waals surface area contributed by atoms with Crippen LogP contribution >= 0.6 is 0 Å². The number of unbranched alkanes of at least 4 members (excludes halogenated alkanes) is 8. The van der Waals surface area contributed by atoms with Gasteiger partial charge in [0.05, 0.1) is 25.4 Å². The highest BCUT2D eigenvalue weighted by Gasteiger charge is 2.00. The molecule has 5 heteroatoms. The molecule has 0 aromatic heterocycles. The number of hydrogen-bond acceptors (Lipinski definition) is 4. The van der Waals surface area contributed by atoms with Crippen LogP contribution in [0.5, 0.6) is 0 Å². The van der Waals surface area contributed by atoms with Crippen LogP contribution in [0.1, 0.15) is 85.0 Å². The molecule has 5 nitrogen and oxygen atoms in total. The third kappa shape index (κ3) is 26.6. The second-order valence-corrected chi connectivity index (χ2v) is 6.15. The molecule has 0 fully saturated rings. The molecule has 0 bridgehead atoms. The van der Waals surface area contributed by atoms with Crippen molar-refractivity contribution < 1.29 is 24.9 Å². The van der Waals surface area contributed by atoms with E-state index in [1.807, 2.05) is 0 Å². The molecule has 2 unspecified atom stereocenters. The van der Waals surface area contributed by atoms with Crippen molar-refractivity contribution in [3.8, 4) is 0 Å². The standard InChI is InChI=1S/C12H24O2.C6H14O3/c1-2-3-4-5-6-7-8-9-10-11-12(13)14;1-5(8)4-9-6(2)3-7/h2-11H2,1H3,(H,13,14);5-8H,3-4H2,1-2H3. The van der Waals surface area contributed by atoms with E-state index in [4.69, 9.17) is 20.1 Å². The van der Waals surface area contributed by atoms with Crippen LogP contribution in [0, 0.1) is 0 Å². The van der Waals surface area contributed by atoms with Gasteiger partial charge in [0.1, 0.15) is 0 Å². The van der Waals surface area contributed by atoms with E-state index in [1.165, 1.54) is 44.9 Å². The Labute approximate surface area is 142 Å². The monoisotopic (exact) mass is 334 g/mol. The van der Waals surface area contributed by atoms with Gasteiger partial charge in [-0.15, -0.1) is 0 Å². The molecule has 0 radical (unpaired) electrons. The van der Waals surface area contributed by atoms with Gasteiger partial charge in [-0.2, -0.15) is 0 Å². The average Bonchev–Trinajstić information content (AvgIpc) is 2.51. The number of carboxylic acids is 1. The lowest BCUT2D eigenvalue weighted by atomic mass is 10.1. The Bertz CT molecular complexity index is 244. The smallest absolute Gasteiger partial charge is 0.303 e. The summed E-state index contributed by atoms with van der Waals surface area (Å²) in [6.07, 6.45) is 10.9. The summed E-state index contributed by atoms with van der Waals surface area (Å²) in [6, 6.07) is 0. The van der Waals surface area contributed by atoms with Gasteiger partial charge in [0.15, 0.2) is 0 Å². The molecule has 0 rings (SSSR count). The lowest BCUT2D eigenvalue weighted by Crippen LogP contribution is -2.19. The number of ether oxygens (including phenoxy) is 1. The summed E-state index contributed by atoms with van der Waals surface area (Å²) < 4.78 is 4.95. The summed E-state index contributed by atoms with van der Waals surface area (Å²) in [5, 5.41) is 25.5. The Kier molecular flexibility index (Phi) is 20.7. The van der Waals surface area contributed by atoms with Gasteiger partial charge in [-0.3, -0.25) is 4.79 Å². The van der Waals surface area contributed by atoms with E-state index in [-0.39, 0.29) is 12.7 Å². The summed E-state index contributed by atoms with van der Waals surface area (Å²) in [5.74, 6) is -0.659. The van der Waals surface area contributed by atoms with Crippen molar-refractivity contribution >= 4 is 5.97 Å². The first-order chi connectivity index (χ1) is 10.9. The molecule has 3 N–H and O–H groups in total. The first kappa shape index (κ1) is 24.6. The van der Waals surface area contributed by atoms with Gasteiger partial charge in [0, 0.05) is 6.42 Å². The van der Waals surface area contributed by atoms with Crippen molar-refractivity contribution in [2.24, 2.45) is 0 Å². The predicted octanol–water partition coefficient (Wildman–Crippen LogP) is 3.76. The molecule has 0 aliphatic heterocycles. The SMILES string of the molecule is CC(O)COC(C)CO.CCCCCCCCCCCC(=O)O. The van der Waals surface area contributed by atoms with Gasteiger partial charge in [-0.1, -0.05) is 58.3 Å². The number of carbonyl (C=O) groups is 1. The average molecular weight is 334 g/mol. The molecular formula is C18H38O5. The number of hydrogen-bond donors (Lipinski definition) is 3. The lowest BCUT2D eigenvalue weighted by molar-refractivity contribution is -0.137. The minimum absolute atomic E-state index is 0.00667. The Morgan fingerprint density at radius 2 is 1.43 bits per heavy atom. The third-order valence-corrected chi connectivity index (χ3v) is 3.37.